The third-order valence-corrected chi connectivity index (χ3v) is 9.65. The van der Waals surface area contributed by atoms with Gasteiger partial charge >= 0.3 is 5.97 Å². The average molecular weight is 386 g/mol. The lowest BCUT2D eigenvalue weighted by molar-refractivity contribution is -0.202. The molecular formula is C23H30O5. The highest BCUT2D eigenvalue weighted by Crippen LogP contribution is 2.68. The van der Waals surface area contributed by atoms with Crippen LogP contribution in [0.4, 0.5) is 0 Å². The summed E-state index contributed by atoms with van der Waals surface area (Å²) in [5, 5.41) is 12.0. The van der Waals surface area contributed by atoms with Gasteiger partial charge in [-0.1, -0.05) is 6.92 Å². The summed E-state index contributed by atoms with van der Waals surface area (Å²) in [6.45, 7) is 4.45. The van der Waals surface area contributed by atoms with Crippen LogP contribution in [0.2, 0.25) is 0 Å². The summed E-state index contributed by atoms with van der Waals surface area (Å²) >= 11 is 0. The summed E-state index contributed by atoms with van der Waals surface area (Å²) < 4.78 is 5.12. The van der Waals surface area contributed by atoms with Crippen molar-refractivity contribution in [3.8, 4) is 0 Å². The third kappa shape index (κ3) is 2.14. The van der Waals surface area contributed by atoms with Crippen LogP contribution in [0, 0.1) is 34.5 Å². The molecule has 7 atom stereocenters. The maximum atomic E-state index is 13.6. The van der Waals surface area contributed by atoms with Gasteiger partial charge in [-0.15, -0.1) is 0 Å². The fourth-order valence-corrected chi connectivity index (χ4v) is 7.91. The van der Waals surface area contributed by atoms with E-state index in [1.54, 1.807) is 0 Å². The van der Waals surface area contributed by atoms with Crippen LogP contribution in [-0.4, -0.2) is 34.9 Å². The smallest absolute Gasteiger partial charge is 0.331 e. The van der Waals surface area contributed by atoms with Crippen molar-refractivity contribution < 1.29 is 24.2 Å². The van der Waals surface area contributed by atoms with E-state index in [9.17, 15) is 19.5 Å². The topological polar surface area (TPSA) is 80.7 Å². The molecule has 4 fully saturated rings. The minimum absolute atomic E-state index is 0.0344. The van der Waals surface area contributed by atoms with Crippen LogP contribution in [0.3, 0.4) is 0 Å². The molecule has 5 rings (SSSR count). The van der Waals surface area contributed by atoms with Gasteiger partial charge in [-0.05, 0) is 73.7 Å². The van der Waals surface area contributed by atoms with Crippen LogP contribution in [0.15, 0.2) is 11.6 Å². The van der Waals surface area contributed by atoms with Gasteiger partial charge in [0.2, 0.25) is 0 Å². The molecule has 5 nitrogen and oxygen atoms in total. The summed E-state index contributed by atoms with van der Waals surface area (Å²) in [4.78, 5) is 37.3. The molecule has 0 aromatic heterocycles. The lowest BCUT2D eigenvalue weighted by Gasteiger charge is -2.62. The minimum atomic E-state index is -1.03. The van der Waals surface area contributed by atoms with Crippen molar-refractivity contribution in [1.82, 2.24) is 0 Å². The standard InChI is InChI=1S/C23H30O5/c1-21-7-5-15(24)10-14(21)3-4-17-18(21)11-19(25)22(2)16(6-8-23(17,22)27)13-9-20(26)28-12-13/h9,14,16-18,27H,3-8,10-12H2,1-2H3/t14-,16-,17-,18+,21+,22+,23+/m1/s1. The average Bonchev–Trinajstić information content (AvgIpc) is 3.19. The zero-order valence-corrected chi connectivity index (χ0v) is 16.8. The van der Waals surface area contributed by atoms with Crippen LogP contribution in [0.1, 0.15) is 65.2 Å². The van der Waals surface area contributed by atoms with Crippen molar-refractivity contribution in [3.63, 3.8) is 0 Å². The molecular weight excluding hydrogens is 356 g/mol. The lowest BCUT2D eigenvalue weighted by Crippen LogP contribution is -2.65. The molecule has 0 aromatic rings. The molecule has 0 saturated heterocycles. The van der Waals surface area contributed by atoms with Crippen molar-refractivity contribution in [1.29, 1.82) is 0 Å². The number of fused-ring (bicyclic) bond motifs is 5. The first-order valence-corrected chi connectivity index (χ1v) is 10.8. The molecule has 0 radical (unpaired) electrons. The Kier molecular flexibility index (Phi) is 3.82. The molecule has 5 aliphatic rings. The van der Waals surface area contributed by atoms with Crippen LogP contribution in [0.25, 0.3) is 0 Å². The zero-order chi connectivity index (χ0) is 19.9. The summed E-state index contributed by atoms with van der Waals surface area (Å²) in [7, 11) is 0. The number of carbonyl (C=O) groups excluding carboxylic acids is 3. The molecule has 0 bridgehead atoms. The first-order chi connectivity index (χ1) is 13.2. The van der Waals surface area contributed by atoms with Gasteiger partial charge in [0.05, 0.1) is 11.0 Å². The van der Waals surface area contributed by atoms with Crippen molar-refractivity contribution in [2.45, 2.75) is 70.8 Å². The van der Waals surface area contributed by atoms with Crippen LogP contribution < -0.4 is 0 Å². The van der Waals surface area contributed by atoms with E-state index in [-0.39, 0.29) is 41.5 Å². The van der Waals surface area contributed by atoms with Crippen LogP contribution in [0.5, 0.6) is 0 Å². The number of ketones is 2. The molecule has 0 unspecified atom stereocenters. The monoisotopic (exact) mass is 386 g/mol. The number of ether oxygens (including phenoxy) is 1. The molecule has 5 heteroatoms. The SMILES string of the molecule is C[C@]12CCC(=O)C[C@H]1CC[C@@H]1[C@@H]2CC(=O)[C@]2(C)[C@@H](C3=CC(=O)OC3)CC[C@]12O. The highest BCUT2D eigenvalue weighted by molar-refractivity contribution is 5.90. The first kappa shape index (κ1) is 18.5. The summed E-state index contributed by atoms with van der Waals surface area (Å²) in [6, 6.07) is 0. The third-order valence-electron chi connectivity index (χ3n) is 9.65. The van der Waals surface area contributed by atoms with Crippen molar-refractivity contribution in [3.05, 3.63) is 11.6 Å². The minimum Gasteiger partial charge on any atom is -0.458 e. The Bertz CT molecular complexity index is 799. The van der Waals surface area contributed by atoms with Crippen molar-refractivity contribution in [2.75, 3.05) is 6.61 Å². The highest BCUT2D eigenvalue weighted by Gasteiger charge is 2.71. The second kappa shape index (κ2) is 5.78. The highest BCUT2D eigenvalue weighted by atomic mass is 16.5. The fourth-order valence-electron chi connectivity index (χ4n) is 7.91. The Labute approximate surface area is 165 Å². The lowest BCUT2D eigenvalue weighted by atomic mass is 9.43. The number of rotatable bonds is 1. The van der Waals surface area contributed by atoms with Gasteiger partial charge in [0.15, 0.2) is 0 Å². The van der Waals surface area contributed by atoms with E-state index in [4.69, 9.17) is 4.74 Å². The molecule has 4 aliphatic carbocycles. The van der Waals surface area contributed by atoms with Crippen LogP contribution >= 0.6 is 0 Å². The van der Waals surface area contributed by atoms with Gasteiger partial charge in [0, 0.05) is 25.3 Å². The van der Waals surface area contributed by atoms with E-state index in [0.29, 0.717) is 37.4 Å². The normalized spacial score (nSPS) is 50.5. The van der Waals surface area contributed by atoms with Crippen LogP contribution in [-0.2, 0) is 19.1 Å². The number of carbonyl (C=O) groups is 3. The molecule has 0 amide bonds. The Morgan fingerprint density at radius 1 is 1.04 bits per heavy atom. The Morgan fingerprint density at radius 3 is 2.54 bits per heavy atom. The van der Waals surface area contributed by atoms with E-state index in [1.807, 2.05) is 6.92 Å². The number of Topliss-reactive ketones (excluding diaryl/α,β-unsaturated/α-hetero) is 2. The quantitative estimate of drug-likeness (QED) is 0.701. The second-order valence-corrected chi connectivity index (χ2v) is 10.4. The molecule has 1 aliphatic heterocycles. The largest absolute Gasteiger partial charge is 0.458 e. The van der Waals surface area contributed by atoms with E-state index >= 15 is 0 Å². The summed E-state index contributed by atoms with van der Waals surface area (Å²) in [5.41, 5.74) is -1.03. The molecule has 0 aromatic carbocycles. The van der Waals surface area contributed by atoms with Gasteiger partial charge in [-0.2, -0.15) is 0 Å². The maximum absolute atomic E-state index is 13.6. The van der Waals surface area contributed by atoms with Gasteiger partial charge in [-0.25, -0.2) is 4.79 Å². The number of aliphatic hydroxyl groups is 1. The Balaban J connectivity index is 1.53. The van der Waals surface area contributed by atoms with Crippen molar-refractivity contribution in [2.24, 2.45) is 34.5 Å². The summed E-state index contributed by atoms with van der Waals surface area (Å²) in [5.74, 6) is 0.623. The number of hydrogen-bond acceptors (Lipinski definition) is 5. The Hall–Kier alpha value is -1.49. The number of esters is 1. The fraction of sp³-hybridized carbons (Fsp3) is 0.783. The van der Waals surface area contributed by atoms with E-state index in [1.165, 1.54) is 6.08 Å². The van der Waals surface area contributed by atoms with Gasteiger partial charge < -0.3 is 9.84 Å². The molecule has 1 heterocycles. The van der Waals surface area contributed by atoms with E-state index in [2.05, 4.69) is 6.92 Å². The molecule has 152 valence electrons. The zero-order valence-electron chi connectivity index (χ0n) is 16.8. The van der Waals surface area contributed by atoms with E-state index in [0.717, 1.165) is 31.3 Å². The molecule has 0 spiro atoms. The van der Waals surface area contributed by atoms with Crippen molar-refractivity contribution >= 4 is 17.5 Å². The predicted octanol–water partition coefficient (Wildman–Crippen LogP) is 2.99. The number of cyclic esters (lactones) is 1. The number of hydrogen-bond donors (Lipinski definition) is 1. The summed E-state index contributed by atoms with van der Waals surface area (Å²) in [6.07, 6.45) is 7.29. The second-order valence-electron chi connectivity index (χ2n) is 10.4. The van der Waals surface area contributed by atoms with E-state index < -0.39 is 11.0 Å². The van der Waals surface area contributed by atoms with Gasteiger partial charge in [0.25, 0.3) is 0 Å². The molecule has 28 heavy (non-hydrogen) atoms. The molecule has 4 saturated carbocycles. The first-order valence-electron chi connectivity index (χ1n) is 10.8. The predicted molar refractivity (Wildman–Crippen MR) is 101 cm³/mol. The Morgan fingerprint density at radius 2 is 1.82 bits per heavy atom. The van der Waals surface area contributed by atoms with Gasteiger partial charge in [0.1, 0.15) is 18.2 Å². The molecule has 1 N–H and O–H groups in total. The van der Waals surface area contributed by atoms with Gasteiger partial charge in [-0.3, -0.25) is 9.59 Å². The maximum Gasteiger partial charge on any atom is 0.331 e.